The van der Waals surface area contributed by atoms with Crippen molar-refractivity contribution < 1.29 is 4.79 Å². The summed E-state index contributed by atoms with van der Waals surface area (Å²) in [4.78, 5) is 24.5. The largest absolute Gasteiger partial charge is 0.343 e. The number of benzene rings is 2. The number of nitrogens with zero attached hydrogens (tertiary/aromatic N) is 3. The maximum atomic E-state index is 13.2. The molecule has 0 bridgehead atoms. The Morgan fingerprint density at radius 2 is 1.72 bits per heavy atom. The monoisotopic (exact) mass is 462 g/mol. The summed E-state index contributed by atoms with van der Waals surface area (Å²) in [6, 6.07) is 22.3. The molecule has 2 aromatic heterocycles. The van der Waals surface area contributed by atoms with E-state index >= 15 is 0 Å². The van der Waals surface area contributed by atoms with Crippen LogP contribution in [0.1, 0.15) is 21.3 Å². The second-order valence-corrected chi connectivity index (χ2v) is 10.3. The molecule has 0 radical (unpaired) electrons. The molecule has 1 amide bonds. The van der Waals surface area contributed by atoms with E-state index in [4.69, 9.17) is 4.98 Å². The fourth-order valence-corrected chi connectivity index (χ4v) is 5.92. The molecule has 32 heavy (non-hydrogen) atoms. The lowest BCUT2D eigenvalue weighted by Gasteiger charge is -2.35. The van der Waals surface area contributed by atoms with Gasteiger partial charge in [-0.25, -0.2) is 4.98 Å². The molecule has 164 valence electrons. The number of amides is 1. The number of hydrogen-bond acceptors (Lipinski definition) is 6. The van der Waals surface area contributed by atoms with Gasteiger partial charge in [-0.1, -0.05) is 42.5 Å². The summed E-state index contributed by atoms with van der Waals surface area (Å²) in [5.74, 6) is -0.0228. The second-order valence-electron chi connectivity index (χ2n) is 8.19. The molecule has 4 aromatic rings. The van der Waals surface area contributed by atoms with E-state index in [1.165, 1.54) is 16.0 Å². The maximum Gasteiger partial charge on any atom is 0.261 e. The Balaban J connectivity index is 1.33. The smallest absolute Gasteiger partial charge is 0.261 e. The summed E-state index contributed by atoms with van der Waals surface area (Å²) in [5.41, 5.74) is 2.14. The topological polar surface area (TPSA) is 48.5 Å². The lowest BCUT2D eigenvalue weighted by Crippen LogP contribution is -2.47. The Morgan fingerprint density at radius 3 is 2.50 bits per heavy atom. The zero-order chi connectivity index (χ0) is 21.9. The molecule has 1 aliphatic rings. The molecule has 1 atom stereocenters. The van der Waals surface area contributed by atoms with E-state index < -0.39 is 0 Å². The zero-order valence-corrected chi connectivity index (χ0v) is 19.7. The highest BCUT2D eigenvalue weighted by Crippen LogP contribution is 2.34. The molecule has 1 saturated heterocycles. The van der Waals surface area contributed by atoms with Gasteiger partial charge in [0, 0.05) is 32.7 Å². The number of thiophene rings is 1. The van der Waals surface area contributed by atoms with Gasteiger partial charge in [0.05, 0.1) is 26.0 Å². The van der Waals surface area contributed by atoms with E-state index in [0.29, 0.717) is 0 Å². The Hall–Kier alpha value is -2.58. The minimum absolute atomic E-state index is 0.0228. The van der Waals surface area contributed by atoms with Crippen molar-refractivity contribution in [1.29, 1.82) is 0 Å². The van der Waals surface area contributed by atoms with Gasteiger partial charge in [0.1, 0.15) is 5.01 Å². The number of likely N-dealkylation sites (N-methyl/N-ethyl adjacent to an activating group) is 1. The lowest BCUT2D eigenvalue weighted by atomic mass is 10.1. The fraction of sp³-hybridized carbons (Fsp3) is 0.280. The first-order chi connectivity index (χ1) is 15.7. The average molecular weight is 463 g/mol. The van der Waals surface area contributed by atoms with E-state index in [1.807, 2.05) is 48.5 Å². The van der Waals surface area contributed by atoms with Gasteiger partial charge < -0.3 is 10.2 Å². The Bertz CT molecular complexity index is 1160. The zero-order valence-electron chi connectivity index (χ0n) is 18.0. The molecular weight excluding hydrogens is 436 g/mol. The molecule has 1 unspecified atom stereocenters. The van der Waals surface area contributed by atoms with Crippen molar-refractivity contribution in [3.63, 3.8) is 0 Å². The van der Waals surface area contributed by atoms with Crippen molar-refractivity contribution in [2.75, 3.05) is 39.8 Å². The quantitative estimate of drug-likeness (QED) is 0.450. The predicted octanol–water partition coefficient (Wildman–Crippen LogP) is 4.74. The fourth-order valence-electron chi connectivity index (χ4n) is 3.99. The molecule has 3 heterocycles. The minimum Gasteiger partial charge on any atom is -0.343 e. The van der Waals surface area contributed by atoms with Crippen LogP contribution in [0.4, 0.5) is 0 Å². The van der Waals surface area contributed by atoms with Crippen LogP contribution in [0.5, 0.6) is 0 Å². The minimum atomic E-state index is -0.0416. The molecule has 0 spiro atoms. The SMILES string of the molecule is CN1CCN(CC(NC(=O)c2ccc(-c3nc4ccccc4s3)s2)c2ccccc2)CC1. The van der Waals surface area contributed by atoms with Gasteiger partial charge in [-0.3, -0.25) is 9.69 Å². The van der Waals surface area contributed by atoms with Crippen molar-refractivity contribution in [3.8, 4) is 9.88 Å². The van der Waals surface area contributed by atoms with Crippen molar-refractivity contribution >= 4 is 38.8 Å². The summed E-state index contributed by atoms with van der Waals surface area (Å²) in [6.07, 6.45) is 0. The van der Waals surface area contributed by atoms with Gasteiger partial charge in [0.2, 0.25) is 0 Å². The second kappa shape index (κ2) is 9.50. The number of piperazine rings is 1. The van der Waals surface area contributed by atoms with E-state index in [0.717, 1.165) is 58.6 Å². The number of carbonyl (C=O) groups excluding carboxylic acids is 1. The van der Waals surface area contributed by atoms with Gasteiger partial charge in [-0.05, 0) is 36.9 Å². The Morgan fingerprint density at radius 1 is 0.969 bits per heavy atom. The van der Waals surface area contributed by atoms with Gasteiger partial charge in [0.15, 0.2) is 0 Å². The van der Waals surface area contributed by atoms with Crippen LogP contribution < -0.4 is 5.32 Å². The number of carbonyl (C=O) groups is 1. The lowest BCUT2D eigenvalue weighted by molar-refractivity contribution is 0.0911. The third-order valence-electron chi connectivity index (χ3n) is 5.88. The standard InChI is InChI=1S/C25H26N4OS2/c1-28-13-15-29(16-14-28)17-20(18-7-3-2-4-8-18)26-24(30)22-11-12-23(31-22)25-27-19-9-5-6-10-21(19)32-25/h2-12,20H,13-17H2,1H3,(H,26,30). The van der Waals surface area contributed by atoms with E-state index in [-0.39, 0.29) is 11.9 Å². The van der Waals surface area contributed by atoms with Gasteiger partial charge in [-0.15, -0.1) is 22.7 Å². The third-order valence-corrected chi connectivity index (χ3v) is 8.17. The molecule has 1 N–H and O–H groups in total. The van der Waals surface area contributed by atoms with Crippen LogP contribution in [0, 0.1) is 0 Å². The highest BCUT2D eigenvalue weighted by Gasteiger charge is 2.22. The van der Waals surface area contributed by atoms with Gasteiger partial charge >= 0.3 is 0 Å². The van der Waals surface area contributed by atoms with Crippen molar-refractivity contribution in [1.82, 2.24) is 20.1 Å². The highest BCUT2D eigenvalue weighted by molar-refractivity contribution is 7.26. The van der Waals surface area contributed by atoms with Crippen LogP contribution in [0.3, 0.4) is 0 Å². The highest BCUT2D eigenvalue weighted by atomic mass is 32.1. The summed E-state index contributed by atoms with van der Waals surface area (Å²) >= 11 is 3.18. The van der Waals surface area contributed by atoms with Gasteiger partial charge in [-0.2, -0.15) is 0 Å². The molecule has 7 heteroatoms. The number of nitrogens with one attached hydrogen (secondary N) is 1. The van der Waals surface area contributed by atoms with Crippen LogP contribution >= 0.6 is 22.7 Å². The Labute approximate surface area is 196 Å². The average Bonchev–Trinajstić information content (AvgIpc) is 3.48. The third kappa shape index (κ3) is 4.76. The van der Waals surface area contributed by atoms with Crippen LogP contribution in [-0.4, -0.2) is 60.5 Å². The predicted molar refractivity (Wildman–Crippen MR) is 134 cm³/mol. The molecule has 0 aliphatic carbocycles. The van der Waals surface area contributed by atoms with Crippen LogP contribution in [0.15, 0.2) is 66.7 Å². The molecule has 1 aliphatic heterocycles. The molecule has 5 rings (SSSR count). The van der Waals surface area contributed by atoms with Crippen LogP contribution in [0.25, 0.3) is 20.1 Å². The molecular formula is C25H26N4OS2. The number of fused-ring (bicyclic) bond motifs is 1. The number of para-hydroxylation sites is 1. The summed E-state index contributed by atoms with van der Waals surface area (Å²) in [7, 11) is 2.16. The first kappa shape index (κ1) is 21.3. The first-order valence-electron chi connectivity index (χ1n) is 10.9. The number of aromatic nitrogens is 1. The van der Waals surface area contributed by atoms with Crippen LogP contribution in [-0.2, 0) is 0 Å². The van der Waals surface area contributed by atoms with Crippen molar-refractivity contribution in [2.24, 2.45) is 0 Å². The molecule has 1 fully saturated rings. The molecule has 5 nitrogen and oxygen atoms in total. The number of thiazole rings is 1. The Kier molecular flexibility index (Phi) is 6.32. The normalized spacial score (nSPS) is 16.3. The van der Waals surface area contributed by atoms with E-state index in [2.05, 4.69) is 40.4 Å². The van der Waals surface area contributed by atoms with Gasteiger partial charge in [0.25, 0.3) is 5.91 Å². The number of hydrogen-bond donors (Lipinski definition) is 1. The van der Waals surface area contributed by atoms with Crippen molar-refractivity contribution in [3.05, 3.63) is 77.2 Å². The van der Waals surface area contributed by atoms with E-state index in [1.54, 1.807) is 11.3 Å². The maximum absolute atomic E-state index is 13.2. The first-order valence-corrected chi connectivity index (χ1v) is 12.5. The summed E-state index contributed by atoms with van der Waals surface area (Å²) in [5, 5.41) is 4.26. The number of rotatable bonds is 6. The van der Waals surface area contributed by atoms with Crippen LogP contribution in [0.2, 0.25) is 0 Å². The summed E-state index contributed by atoms with van der Waals surface area (Å²) < 4.78 is 1.17. The molecule has 0 saturated carbocycles. The van der Waals surface area contributed by atoms with Crippen molar-refractivity contribution in [2.45, 2.75) is 6.04 Å². The summed E-state index contributed by atoms with van der Waals surface area (Å²) in [6.45, 7) is 4.99. The van der Waals surface area contributed by atoms with E-state index in [9.17, 15) is 4.79 Å². The molecule has 2 aromatic carbocycles.